The second kappa shape index (κ2) is 9.26. The number of nitrogens with zero attached hydrogens (tertiary/aromatic N) is 2. The van der Waals surface area contributed by atoms with Gasteiger partial charge in [0.1, 0.15) is 23.9 Å². The average molecular weight is 433 g/mol. The highest BCUT2D eigenvalue weighted by Gasteiger charge is 2.22. The summed E-state index contributed by atoms with van der Waals surface area (Å²) in [6.45, 7) is 4.95. The van der Waals surface area contributed by atoms with Crippen LogP contribution in [0.4, 0.5) is 5.69 Å². The molecule has 3 N–H and O–H groups in total. The van der Waals surface area contributed by atoms with Crippen LogP contribution in [0.3, 0.4) is 0 Å². The molecule has 0 bridgehead atoms. The second-order valence-corrected chi connectivity index (χ2v) is 8.16. The molecule has 3 aromatic rings. The highest BCUT2D eigenvalue weighted by Crippen LogP contribution is 2.32. The summed E-state index contributed by atoms with van der Waals surface area (Å²) in [6.07, 6.45) is 4.15. The Kier molecular flexibility index (Phi) is 6.25. The van der Waals surface area contributed by atoms with Crippen molar-refractivity contribution in [1.82, 2.24) is 10.2 Å². The van der Waals surface area contributed by atoms with E-state index in [4.69, 9.17) is 25.4 Å². The summed E-state index contributed by atoms with van der Waals surface area (Å²) in [4.78, 5) is 0. The monoisotopic (exact) mass is 432 g/mol. The Morgan fingerprint density at radius 1 is 1.06 bits per heavy atom. The van der Waals surface area contributed by atoms with Crippen molar-refractivity contribution in [2.45, 2.75) is 33.3 Å². The van der Waals surface area contributed by atoms with Gasteiger partial charge in [-0.1, -0.05) is 0 Å². The molecule has 1 aliphatic rings. The van der Waals surface area contributed by atoms with E-state index in [0.29, 0.717) is 53.2 Å². The number of nitrogens with two attached hydrogens (primary N) is 1. The summed E-state index contributed by atoms with van der Waals surface area (Å²) in [5.74, 6) is 2.59. The molecule has 1 aromatic heterocycles. The topological polar surface area (TPSA) is 103 Å². The smallest absolute Gasteiger partial charge is 0.123 e. The Morgan fingerprint density at radius 2 is 1.84 bits per heavy atom. The van der Waals surface area contributed by atoms with Crippen LogP contribution >= 0.6 is 0 Å². The van der Waals surface area contributed by atoms with Gasteiger partial charge >= 0.3 is 0 Å². The van der Waals surface area contributed by atoms with Crippen LogP contribution in [-0.4, -0.2) is 29.6 Å². The molecule has 0 saturated heterocycles. The van der Waals surface area contributed by atoms with Gasteiger partial charge in [-0.2, -0.15) is 10.2 Å². The fourth-order valence-electron chi connectivity index (χ4n) is 3.41. The Balaban J connectivity index is 1.56. The van der Waals surface area contributed by atoms with Gasteiger partial charge in [-0.15, -0.1) is 0 Å². The van der Waals surface area contributed by atoms with Crippen molar-refractivity contribution in [3.8, 4) is 17.2 Å². The van der Waals surface area contributed by atoms with Gasteiger partial charge in [0.2, 0.25) is 0 Å². The minimum atomic E-state index is 0.279. The van der Waals surface area contributed by atoms with Gasteiger partial charge in [-0.25, -0.2) is 0 Å². The van der Waals surface area contributed by atoms with Gasteiger partial charge < -0.3 is 19.9 Å². The second-order valence-electron chi connectivity index (χ2n) is 8.16. The van der Waals surface area contributed by atoms with E-state index < -0.39 is 0 Å². The van der Waals surface area contributed by atoms with Gasteiger partial charge in [0.25, 0.3) is 0 Å². The zero-order chi connectivity index (χ0) is 22.7. The zero-order valence-electron chi connectivity index (χ0n) is 18.6. The minimum absolute atomic E-state index is 0.279. The molecule has 0 radical (unpaired) electrons. The molecule has 4 rings (SSSR count). The third kappa shape index (κ3) is 4.99. The quantitative estimate of drug-likeness (QED) is 0.382. The third-order valence-corrected chi connectivity index (χ3v) is 5.64. The number of aromatic nitrogens is 2. The first-order chi connectivity index (χ1) is 15.4. The first-order valence-corrected chi connectivity index (χ1v) is 10.7. The molecule has 0 amide bonds. The molecule has 0 spiro atoms. The van der Waals surface area contributed by atoms with Crippen molar-refractivity contribution >= 4 is 11.4 Å². The molecule has 2 aromatic carbocycles. The molecule has 1 fully saturated rings. The van der Waals surface area contributed by atoms with Crippen molar-refractivity contribution in [3.05, 3.63) is 70.5 Å². The number of benzene rings is 2. The highest BCUT2D eigenvalue weighted by molar-refractivity contribution is 6.14. The number of nitrogens with one attached hydrogen (secondary N) is 1. The maximum atomic E-state index is 8.81. The standard InChI is InChI=1S/C25H28N4O3/c1-15-12-28-29-16(2)23(15)14-32-19-6-7-24(26)22(11-19)25(27)18-8-20(30-3)10-21(9-18)31-13-17-4-5-17/h6-12,17,27H,4-5,13-14,26H2,1-3H3. The fraction of sp³-hybridized carbons (Fsp3) is 0.320. The lowest BCUT2D eigenvalue weighted by Crippen LogP contribution is -2.08. The maximum absolute atomic E-state index is 8.81. The molecule has 7 nitrogen and oxygen atoms in total. The van der Waals surface area contributed by atoms with Crippen molar-refractivity contribution in [2.75, 3.05) is 19.5 Å². The van der Waals surface area contributed by atoms with Crippen LogP contribution in [0.1, 0.15) is 40.8 Å². The van der Waals surface area contributed by atoms with E-state index in [1.165, 1.54) is 12.8 Å². The number of rotatable bonds is 9. The predicted octanol–water partition coefficient (Wildman–Crippen LogP) is 4.47. The summed E-state index contributed by atoms with van der Waals surface area (Å²) in [6, 6.07) is 10.9. The summed E-state index contributed by atoms with van der Waals surface area (Å²) in [7, 11) is 1.61. The summed E-state index contributed by atoms with van der Waals surface area (Å²) >= 11 is 0. The first kappa shape index (κ1) is 21.6. The number of hydrogen-bond donors (Lipinski definition) is 2. The lowest BCUT2D eigenvalue weighted by atomic mass is 10.00. The average Bonchev–Trinajstić information content (AvgIpc) is 3.62. The van der Waals surface area contributed by atoms with Crippen LogP contribution in [0.2, 0.25) is 0 Å². The van der Waals surface area contributed by atoms with Crippen LogP contribution in [0.25, 0.3) is 0 Å². The van der Waals surface area contributed by atoms with Gasteiger partial charge in [0, 0.05) is 28.4 Å². The van der Waals surface area contributed by atoms with Crippen molar-refractivity contribution < 1.29 is 14.2 Å². The van der Waals surface area contributed by atoms with Crippen molar-refractivity contribution in [2.24, 2.45) is 5.92 Å². The fourth-order valence-corrected chi connectivity index (χ4v) is 3.41. The van der Waals surface area contributed by atoms with E-state index in [-0.39, 0.29) is 5.71 Å². The highest BCUT2D eigenvalue weighted by atomic mass is 16.5. The third-order valence-electron chi connectivity index (χ3n) is 5.64. The Bertz CT molecular complexity index is 1120. The number of methoxy groups -OCH3 is 1. The van der Waals surface area contributed by atoms with E-state index in [9.17, 15) is 0 Å². The lowest BCUT2D eigenvalue weighted by molar-refractivity contribution is 0.297. The summed E-state index contributed by atoms with van der Waals surface area (Å²) in [5.41, 5.74) is 11.1. The van der Waals surface area contributed by atoms with Crippen LogP contribution in [0, 0.1) is 25.2 Å². The largest absolute Gasteiger partial charge is 0.497 e. The molecule has 0 unspecified atom stereocenters. The van der Waals surface area contributed by atoms with Gasteiger partial charge in [0.05, 0.1) is 31.3 Å². The maximum Gasteiger partial charge on any atom is 0.123 e. The molecule has 0 atom stereocenters. The Labute approximate surface area is 188 Å². The van der Waals surface area contributed by atoms with Crippen molar-refractivity contribution in [1.29, 1.82) is 5.41 Å². The zero-order valence-corrected chi connectivity index (χ0v) is 18.6. The van der Waals surface area contributed by atoms with Crippen LogP contribution in [0.5, 0.6) is 17.2 Å². The van der Waals surface area contributed by atoms with Crippen LogP contribution in [0.15, 0.2) is 42.6 Å². The van der Waals surface area contributed by atoms with Gasteiger partial charge in [-0.3, -0.25) is 5.41 Å². The number of nitrogen functional groups attached to an aromatic ring is 1. The molecule has 1 aliphatic carbocycles. The van der Waals surface area contributed by atoms with Gasteiger partial charge in [0.15, 0.2) is 0 Å². The van der Waals surface area contributed by atoms with Crippen LogP contribution in [-0.2, 0) is 6.61 Å². The SMILES string of the molecule is COc1cc(OCC2CC2)cc(C(=N)c2cc(OCc3c(C)cnnc3C)ccc2N)c1. The van der Waals surface area contributed by atoms with Gasteiger partial charge in [-0.05, 0) is 68.5 Å². The van der Waals surface area contributed by atoms with E-state index in [1.807, 2.05) is 32.0 Å². The summed E-state index contributed by atoms with van der Waals surface area (Å²) in [5, 5.41) is 16.9. The van der Waals surface area contributed by atoms with E-state index in [2.05, 4.69) is 10.2 Å². The van der Waals surface area contributed by atoms with Crippen molar-refractivity contribution in [3.63, 3.8) is 0 Å². The number of ether oxygens (including phenoxy) is 3. The first-order valence-electron chi connectivity index (χ1n) is 10.7. The molecule has 166 valence electrons. The molecule has 1 saturated carbocycles. The Hall–Kier alpha value is -3.61. The Morgan fingerprint density at radius 3 is 2.56 bits per heavy atom. The predicted molar refractivity (Wildman–Crippen MR) is 124 cm³/mol. The summed E-state index contributed by atoms with van der Waals surface area (Å²) < 4.78 is 17.4. The van der Waals surface area contributed by atoms with Crippen LogP contribution < -0.4 is 19.9 Å². The van der Waals surface area contributed by atoms with E-state index >= 15 is 0 Å². The molecule has 32 heavy (non-hydrogen) atoms. The van der Waals surface area contributed by atoms with E-state index in [0.717, 1.165) is 16.8 Å². The molecule has 7 heteroatoms. The molecule has 0 aliphatic heterocycles. The lowest BCUT2D eigenvalue weighted by Gasteiger charge is -2.15. The number of aryl methyl sites for hydroxylation is 2. The molecule has 1 heterocycles. The normalized spacial score (nSPS) is 13.0. The molecular weight excluding hydrogens is 404 g/mol. The molecular formula is C25H28N4O3. The van der Waals surface area contributed by atoms with E-state index in [1.54, 1.807) is 31.5 Å². The number of hydrogen-bond acceptors (Lipinski definition) is 7. The number of anilines is 1. The minimum Gasteiger partial charge on any atom is -0.497 e.